The Morgan fingerprint density at radius 3 is 2.48 bits per heavy atom. The number of carboxylic acid groups (broad SMARTS) is 1. The highest BCUT2D eigenvalue weighted by Gasteiger charge is 2.37. The SMILES string of the molecule is Cc1cc2cc(c1F)[C@@H](CC(=O)O)NC(=O)[C@H](n1cc(CCN3CC(F)C3)c(C(F)(F)F)cc1=O)c1cc(Cl)cc(c1)Oc1cccc(C)c1-2. The van der Waals surface area contributed by atoms with Gasteiger partial charge in [-0.05, 0) is 84.5 Å². The van der Waals surface area contributed by atoms with Gasteiger partial charge in [0.1, 0.15) is 29.5 Å². The minimum atomic E-state index is -4.92. The number of nitrogens with one attached hydrogen (secondary N) is 1. The molecule has 0 saturated carbocycles. The number of pyridine rings is 1. The number of benzene rings is 3. The van der Waals surface area contributed by atoms with E-state index in [0.717, 1.165) is 16.3 Å². The molecule has 262 valence electrons. The molecule has 1 fully saturated rings. The lowest BCUT2D eigenvalue weighted by atomic mass is 9.92. The van der Waals surface area contributed by atoms with Gasteiger partial charge in [-0.25, -0.2) is 8.78 Å². The molecular weight excluding hydrogens is 685 g/mol. The molecule has 50 heavy (non-hydrogen) atoms. The molecular formula is C36H31ClF5N3O5. The summed E-state index contributed by atoms with van der Waals surface area (Å²) < 4.78 is 79.0. The molecule has 3 heterocycles. The number of carbonyl (C=O) groups is 2. The quantitative estimate of drug-likeness (QED) is 0.206. The maximum Gasteiger partial charge on any atom is 0.416 e. The summed E-state index contributed by atoms with van der Waals surface area (Å²) in [6.07, 6.45) is -6.08. The minimum absolute atomic E-state index is 0.0201. The molecule has 0 radical (unpaired) electrons. The van der Waals surface area contributed by atoms with Gasteiger partial charge < -0.3 is 15.2 Å². The van der Waals surface area contributed by atoms with Crippen LogP contribution in [0.1, 0.15) is 51.9 Å². The van der Waals surface area contributed by atoms with Gasteiger partial charge >= 0.3 is 12.1 Å². The molecule has 3 aromatic carbocycles. The van der Waals surface area contributed by atoms with Gasteiger partial charge in [-0.15, -0.1) is 0 Å². The zero-order valence-electron chi connectivity index (χ0n) is 26.8. The fourth-order valence-corrected chi connectivity index (χ4v) is 6.78. The van der Waals surface area contributed by atoms with Crippen LogP contribution in [0, 0.1) is 19.7 Å². The predicted octanol–water partition coefficient (Wildman–Crippen LogP) is 7.17. The Balaban J connectivity index is 1.58. The molecule has 2 atom stereocenters. The second-order valence-corrected chi connectivity index (χ2v) is 13.0. The van der Waals surface area contributed by atoms with Crippen LogP contribution in [0.4, 0.5) is 22.0 Å². The Bertz CT molecular complexity index is 2060. The maximum atomic E-state index is 15.9. The van der Waals surface area contributed by atoms with Crippen molar-refractivity contribution in [2.75, 3.05) is 19.6 Å². The number of aryl methyl sites for hydroxylation is 2. The van der Waals surface area contributed by atoms with Gasteiger partial charge in [0.05, 0.1) is 18.0 Å². The van der Waals surface area contributed by atoms with Gasteiger partial charge in [0.15, 0.2) is 0 Å². The summed E-state index contributed by atoms with van der Waals surface area (Å²) in [5.74, 6) is -2.73. The van der Waals surface area contributed by atoms with Crippen LogP contribution >= 0.6 is 11.6 Å². The summed E-state index contributed by atoms with van der Waals surface area (Å²) in [5, 5.41) is 12.5. The predicted molar refractivity (Wildman–Crippen MR) is 175 cm³/mol. The van der Waals surface area contributed by atoms with Crippen LogP contribution in [0.15, 0.2) is 65.6 Å². The number of aromatic nitrogens is 1. The van der Waals surface area contributed by atoms with Crippen LogP contribution in [0.3, 0.4) is 0 Å². The van der Waals surface area contributed by atoms with Crippen molar-refractivity contribution >= 4 is 23.5 Å². The van der Waals surface area contributed by atoms with Crippen molar-refractivity contribution in [1.29, 1.82) is 0 Å². The van der Waals surface area contributed by atoms with E-state index in [0.29, 0.717) is 22.9 Å². The lowest BCUT2D eigenvalue weighted by molar-refractivity contribution is -0.139. The van der Waals surface area contributed by atoms with Gasteiger partial charge in [-0.2, -0.15) is 13.2 Å². The molecule has 1 saturated heterocycles. The van der Waals surface area contributed by atoms with Crippen LogP contribution < -0.4 is 15.6 Å². The molecule has 0 spiro atoms. The van der Waals surface area contributed by atoms with E-state index >= 15 is 4.39 Å². The van der Waals surface area contributed by atoms with Crippen molar-refractivity contribution < 1.29 is 41.4 Å². The Kier molecular flexibility index (Phi) is 9.49. The van der Waals surface area contributed by atoms with Crippen LogP contribution in [-0.2, 0) is 22.2 Å². The highest BCUT2D eigenvalue weighted by atomic mass is 35.5. The highest BCUT2D eigenvalue weighted by Crippen LogP contribution is 2.41. The largest absolute Gasteiger partial charge is 0.481 e. The molecule has 4 aromatic rings. The average Bonchev–Trinajstić information content (AvgIpc) is 3.00. The molecule has 1 aromatic heterocycles. The molecule has 2 aliphatic heterocycles. The van der Waals surface area contributed by atoms with E-state index in [1.807, 2.05) is 0 Å². The van der Waals surface area contributed by atoms with Crippen LogP contribution in [0.5, 0.6) is 11.5 Å². The van der Waals surface area contributed by atoms with Crippen LogP contribution in [0.2, 0.25) is 5.02 Å². The van der Waals surface area contributed by atoms with E-state index in [1.165, 1.54) is 31.2 Å². The molecule has 1 amide bonds. The third-order valence-corrected chi connectivity index (χ3v) is 9.14. The van der Waals surface area contributed by atoms with Crippen molar-refractivity contribution in [3.8, 4) is 22.6 Å². The first-order valence-corrected chi connectivity index (χ1v) is 16.1. The third kappa shape index (κ3) is 7.10. The van der Waals surface area contributed by atoms with E-state index in [-0.39, 0.29) is 59.1 Å². The van der Waals surface area contributed by atoms with E-state index in [1.54, 1.807) is 36.1 Å². The number of halogens is 6. The van der Waals surface area contributed by atoms with E-state index in [4.69, 9.17) is 16.3 Å². The Hall–Kier alpha value is -4.75. The number of nitrogens with zero attached hydrogens (tertiary/aromatic N) is 2. The summed E-state index contributed by atoms with van der Waals surface area (Å²) in [6.45, 7) is 3.47. The summed E-state index contributed by atoms with van der Waals surface area (Å²) in [7, 11) is 0. The molecule has 14 heteroatoms. The van der Waals surface area contributed by atoms with Gasteiger partial charge in [-0.3, -0.25) is 23.9 Å². The number of hydrogen-bond donors (Lipinski definition) is 2. The Labute approximate surface area is 288 Å². The number of alkyl halides is 4. The maximum absolute atomic E-state index is 15.9. The number of carbonyl (C=O) groups excluding carboxylic acids is 1. The second kappa shape index (κ2) is 13.5. The number of amides is 1. The molecule has 8 nitrogen and oxygen atoms in total. The Morgan fingerprint density at radius 2 is 1.80 bits per heavy atom. The van der Waals surface area contributed by atoms with E-state index in [9.17, 15) is 37.1 Å². The number of carboxylic acids is 1. The first kappa shape index (κ1) is 35.1. The molecule has 4 bridgehead atoms. The zero-order chi connectivity index (χ0) is 36.1. The molecule has 6 rings (SSSR count). The smallest absolute Gasteiger partial charge is 0.416 e. The van der Waals surface area contributed by atoms with E-state index in [2.05, 4.69) is 5.32 Å². The molecule has 0 aliphatic carbocycles. The minimum Gasteiger partial charge on any atom is -0.481 e. The third-order valence-electron chi connectivity index (χ3n) is 8.92. The number of ether oxygens (including phenoxy) is 1. The van der Waals surface area contributed by atoms with Gasteiger partial charge in [0.2, 0.25) is 5.91 Å². The van der Waals surface area contributed by atoms with Crippen molar-refractivity contribution in [1.82, 2.24) is 14.8 Å². The number of rotatable bonds is 6. The van der Waals surface area contributed by atoms with Crippen molar-refractivity contribution in [3.63, 3.8) is 0 Å². The molecule has 0 unspecified atom stereocenters. The normalized spacial score (nSPS) is 18.1. The number of hydrogen-bond acceptors (Lipinski definition) is 5. The van der Waals surface area contributed by atoms with Crippen molar-refractivity contribution in [2.24, 2.45) is 0 Å². The molecule has 2 aliphatic rings. The Morgan fingerprint density at radius 1 is 1.06 bits per heavy atom. The van der Waals surface area contributed by atoms with Crippen molar-refractivity contribution in [2.45, 2.75) is 51.1 Å². The fraction of sp³-hybridized carbons (Fsp3) is 0.306. The summed E-state index contributed by atoms with van der Waals surface area (Å²) in [6, 6.07) is 9.56. The lowest BCUT2D eigenvalue weighted by Crippen LogP contribution is -2.49. The van der Waals surface area contributed by atoms with Crippen LogP contribution in [0.25, 0.3) is 11.1 Å². The van der Waals surface area contributed by atoms with Gasteiger partial charge in [0.25, 0.3) is 5.56 Å². The first-order chi connectivity index (χ1) is 23.6. The van der Waals surface area contributed by atoms with Crippen molar-refractivity contribution in [3.05, 3.63) is 115 Å². The molecule has 2 N–H and O–H groups in total. The van der Waals surface area contributed by atoms with Gasteiger partial charge in [0, 0.05) is 48.0 Å². The number of likely N-dealkylation sites (tertiary alicyclic amines) is 1. The topological polar surface area (TPSA) is 101 Å². The zero-order valence-corrected chi connectivity index (χ0v) is 27.5. The summed E-state index contributed by atoms with van der Waals surface area (Å²) in [4.78, 5) is 41.6. The number of fused-ring (bicyclic) bond motifs is 6. The van der Waals surface area contributed by atoms with Gasteiger partial charge in [-0.1, -0.05) is 23.7 Å². The average molecular weight is 716 g/mol. The second-order valence-electron chi connectivity index (χ2n) is 12.6. The first-order valence-electron chi connectivity index (χ1n) is 15.7. The lowest BCUT2D eigenvalue weighted by Gasteiger charge is -2.34. The standard InChI is InChI=1S/C36H31ClF5N3O5/c1-18-4-3-5-29-32(18)21-8-19(2)33(39)26(11-21)28(14-31(47)48)43-35(49)34(22-9-23(37)12-25(10-22)50-29)45-15-20(6-7-44-16-24(38)17-44)27(13-30(45)46)36(40,41)42/h3-5,8-13,15,24,28,34H,6-7,14,16-17H2,1-2H3,(H,43,49)(H,47,48)/t28-,34-/m1/s1. The van der Waals surface area contributed by atoms with E-state index < -0.39 is 59.7 Å². The summed E-state index contributed by atoms with van der Waals surface area (Å²) in [5.41, 5.74) is -0.954. The monoisotopic (exact) mass is 715 g/mol. The number of aliphatic carboxylic acids is 1. The highest BCUT2D eigenvalue weighted by molar-refractivity contribution is 6.30. The fourth-order valence-electron chi connectivity index (χ4n) is 6.55. The van der Waals surface area contributed by atoms with Crippen LogP contribution in [-0.4, -0.2) is 52.3 Å². The summed E-state index contributed by atoms with van der Waals surface area (Å²) >= 11 is 6.51.